The van der Waals surface area contributed by atoms with Crippen LogP contribution in [-0.2, 0) is 31.8 Å². The minimum absolute atomic E-state index is 0.0246. The van der Waals surface area contributed by atoms with Gasteiger partial charge in [0, 0.05) is 48.2 Å². The molecule has 0 bridgehead atoms. The molecule has 0 unspecified atom stereocenters. The predicted octanol–water partition coefficient (Wildman–Crippen LogP) is 1.84. The standard InChI is InChI=1S/C39H52ClN5O11S/c1-2-42-37(51)31(45-38(52)43-21-32(47)35(49)36(50)33(48)22-46)8-5-6-17-44-57(53,54)26-13-10-24(30(40)19-26)23-55-39(15-16-39)29-20-41-18-14-27(29)28-7-3-4-9-34(28)56-25-11-12-25/h3-4,7,9-10,13-14,18-20,25,31-33,35-36,44,46-50H,2,5-6,8,11-12,15-17,21-23H2,1H3,(H,42,51)(H2,43,45,52)/t31-,32-,33+,35+,36+/m0/s1. The van der Waals surface area contributed by atoms with E-state index < -0.39 is 71.2 Å². The first-order valence-electron chi connectivity index (χ1n) is 19.1. The minimum atomic E-state index is -3.94. The number of carbonyl (C=O) groups is 2. The molecule has 57 heavy (non-hydrogen) atoms. The van der Waals surface area contributed by atoms with Crippen molar-refractivity contribution in [1.29, 1.82) is 0 Å². The number of amides is 3. The monoisotopic (exact) mass is 833 g/mol. The van der Waals surface area contributed by atoms with Crippen LogP contribution in [0.5, 0.6) is 5.75 Å². The summed E-state index contributed by atoms with van der Waals surface area (Å²) >= 11 is 6.60. The fraction of sp³-hybridized carbons (Fsp3) is 0.513. The molecular weight excluding hydrogens is 782 g/mol. The van der Waals surface area contributed by atoms with E-state index in [9.17, 15) is 38.4 Å². The number of nitrogens with zero attached hydrogens (tertiary/aromatic N) is 1. The number of aromatic nitrogens is 1. The van der Waals surface area contributed by atoms with Crippen molar-refractivity contribution >= 4 is 33.6 Å². The lowest BCUT2D eigenvalue weighted by Crippen LogP contribution is -2.53. The zero-order valence-electron chi connectivity index (χ0n) is 31.6. The molecule has 2 aromatic carbocycles. The molecule has 2 fully saturated rings. The van der Waals surface area contributed by atoms with Gasteiger partial charge >= 0.3 is 6.03 Å². The molecule has 0 aliphatic heterocycles. The number of halogens is 1. The Kier molecular flexibility index (Phi) is 15.6. The van der Waals surface area contributed by atoms with E-state index in [-0.39, 0.29) is 35.6 Å². The zero-order valence-corrected chi connectivity index (χ0v) is 33.2. The molecule has 2 aliphatic rings. The molecule has 18 heteroatoms. The molecule has 0 saturated heterocycles. The largest absolute Gasteiger partial charge is 0.490 e. The van der Waals surface area contributed by atoms with E-state index in [1.54, 1.807) is 19.2 Å². The van der Waals surface area contributed by atoms with E-state index in [4.69, 9.17) is 26.2 Å². The van der Waals surface area contributed by atoms with Gasteiger partial charge in [0.25, 0.3) is 0 Å². The Morgan fingerprint density at radius 3 is 2.40 bits per heavy atom. The highest BCUT2D eigenvalue weighted by molar-refractivity contribution is 7.89. The summed E-state index contributed by atoms with van der Waals surface area (Å²) in [6.45, 7) is 0.794. The van der Waals surface area contributed by atoms with Gasteiger partial charge in [0.1, 0.15) is 30.1 Å². The van der Waals surface area contributed by atoms with Crippen molar-refractivity contribution in [3.63, 3.8) is 0 Å². The van der Waals surface area contributed by atoms with Gasteiger partial charge in [-0.3, -0.25) is 9.78 Å². The SMILES string of the molecule is CCNC(=O)[C@H](CCCCNS(=O)(=O)c1ccc(COC2(c3cnccc3-c3ccccc3OC3CC3)CC2)c(Cl)c1)NC(=O)NC[C@H](O)[C@@H](O)[C@H](O)[C@H](O)CO. The average molecular weight is 834 g/mol. The molecule has 16 nitrogen and oxygen atoms in total. The Morgan fingerprint density at radius 2 is 1.72 bits per heavy atom. The number of ether oxygens (including phenoxy) is 2. The fourth-order valence-electron chi connectivity index (χ4n) is 6.20. The van der Waals surface area contributed by atoms with Gasteiger partial charge in [0.15, 0.2) is 0 Å². The number of urea groups is 1. The highest BCUT2D eigenvalue weighted by Crippen LogP contribution is 2.53. The first kappa shape index (κ1) is 44.2. The van der Waals surface area contributed by atoms with Crippen LogP contribution in [0.15, 0.2) is 65.8 Å². The third kappa shape index (κ3) is 12.1. The van der Waals surface area contributed by atoms with Crippen LogP contribution in [0.25, 0.3) is 11.1 Å². The number of unbranched alkanes of at least 4 members (excludes halogenated alkanes) is 1. The van der Waals surface area contributed by atoms with Crippen LogP contribution in [0.4, 0.5) is 4.79 Å². The molecule has 1 heterocycles. The van der Waals surface area contributed by atoms with Crippen molar-refractivity contribution in [1.82, 2.24) is 25.7 Å². The maximum atomic E-state index is 13.2. The number of para-hydroxylation sites is 1. The van der Waals surface area contributed by atoms with E-state index >= 15 is 0 Å². The number of aliphatic hydroxyl groups excluding tert-OH is 5. The predicted molar refractivity (Wildman–Crippen MR) is 210 cm³/mol. The second kappa shape index (κ2) is 20.2. The number of nitrogens with one attached hydrogen (secondary N) is 4. The number of aliphatic hydroxyl groups is 5. The van der Waals surface area contributed by atoms with Crippen LogP contribution >= 0.6 is 11.6 Å². The summed E-state index contributed by atoms with van der Waals surface area (Å²) in [5, 5.41) is 55.7. The van der Waals surface area contributed by atoms with E-state index in [2.05, 4.69) is 25.7 Å². The number of pyridine rings is 1. The molecular formula is C39H52ClN5O11S. The van der Waals surface area contributed by atoms with E-state index in [1.807, 2.05) is 36.5 Å². The van der Waals surface area contributed by atoms with Gasteiger partial charge in [-0.1, -0.05) is 35.9 Å². The summed E-state index contributed by atoms with van der Waals surface area (Å²) in [6.07, 6.45) is 1.19. The maximum Gasteiger partial charge on any atom is 0.315 e. The van der Waals surface area contributed by atoms with E-state index in [1.165, 1.54) is 12.1 Å². The smallest absolute Gasteiger partial charge is 0.315 e. The van der Waals surface area contributed by atoms with Crippen molar-refractivity contribution in [2.24, 2.45) is 0 Å². The normalized spacial score (nSPS) is 17.5. The summed E-state index contributed by atoms with van der Waals surface area (Å²) in [4.78, 5) is 29.5. The quantitative estimate of drug-likeness (QED) is 0.0622. The van der Waals surface area contributed by atoms with Gasteiger partial charge in [0.2, 0.25) is 15.9 Å². The topological polar surface area (TPSA) is 249 Å². The van der Waals surface area contributed by atoms with Gasteiger partial charge < -0.3 is 51.0 Å². The summed E-state index contributed by atoms with van der Waals surface area (Å²) < 4.78 is 41.6. The number of carbonyl (C=O) groups excluding carboxylic acids is 2. The summed E-state index contributed by atoms with van der Waals surface area (Å²) in [7, 11) is -3.94. The van der Waals surface area contributed by atoms with Crippen molar-refractivity contribution in [2.75, 3.05) is 26.2 Å². The van der Waals surface area contributed by atoms with Crippen LogP contribution in [-0.4, -0.2) is 114 Å². The van der Waals surface area contributed by atoms with Crippen molar-refractivity contribution in [2.45, 2.75) is 106 Å². The van der Waals surface area contributed by atoms with Crippen LogP contribution in [0.3, 0.4) is 0 Å². The van der Waals surface area contributed by atoms with Gasteiger partial charge in [-0.15, -0.1) is 0 Å². The second-order valence-electron chi connectivity index (χ2n) is 14.3. The molecule has 312 valence electrons. The van der Waals surface area contributed by atoms with Gasteiger partial charge in [-0.25, -0.2) is 17.9 Å². The molecule has 9 N–H and O–H groups in total. The Labute approximate surface area is 337 Å². The number of hydrogen-bond donors (Lipinski definition) is 9. The van der Waals surface area contributed by atoms with Crippen LogP contribution in [0.1, 0.15) is 63.0 Å². The van der Waals surface area contributed by atoms with Gasteiger partial charge in [-0.05, 0) is 87.3 Å². The molecule has 0 spiro atoms. The third-order valence-electron chi connectivity index (χ3n) is 9.83. The number of hydrogen-bond acceptors (Lipinski definition) is 12. The Bertz CT molecular complexity index is 1930. The molecule has 0 radical (unpaired) electrons. The van der Waals surface area contributed by atoms with Crippen LogP contribution in [0, 0.1) is 0 Å². The van der Waals surface area contributed by atoms with Crippen molar-refractivity contribution < 1.29 is 53.0 Å². The Morgan fingerprint density at radius 1 is 0.982 bits per heavy atom. The average Bonchev–Trinajstić information content (AvgIpc) is 4.16. The first-order chi connectivity index (χ1) is 27.3. The molecule has 3 amide bonds. The van der Waals surface area contributed by atoms with Gasteiger partial charge in [-0.2, -0.15) is 0 Å². The van der Waals surface area contributed by atoms with E-state index in [0.29, 0.717) is 24.9 Å². The lowest BCUT2D eigenvalue weighted by Gasteiger charge is -2.26. The van der Waals surface area contributed by atoms with Crippen LogP contribution < -0.4 is 25.4 Å². The molecule has 2 saturated carbocycles. The Hall–Kier alpha value is -3.91. The third-order valence-corrected chi connectivity index (χ3v) is 11.6. The highest BCUT2D eigenvalue weighted by Gasteiger charge is 2.48. The lowest BCUT2D eigenvalue weighted by molar-refractivity contribution is -0.123. The molecule has 5 atom stereocenters. The zero-order chi connectivity index (χ0) is 41.2. The second-order valence-corrected chi connectivity index (χ2v) is 16.4. The van der Waals surface area contributed by atoms with Crippen LogP contribution in [0.2, 0.25) is 5.02 Å². The summed E-state index contributed by atoms with van der Waals surface area (Å²) in [5.74, 6) is 0.346. The lowest BCUT2D eigenvalue weighted by atomic mass is 9.96. The summed E-state index contributed by atoms with van der Waals surface area (Å²) in [5.41, 5.74) is 2.98. The maximum absolute atomic E-state index is 13.2. The molecule has 5 rings (SSSR count). The minimum Gasteiger partial charge on any atom is -0.490 e. The fourth-order valence-corrected chi connectivity index (χ4v) is 7.60. The first-order valence-corrected chi connectivity index (χ1v) is 20.9. The number of sulfonamides is 1. The Balaban J connectivity index is 1.11. The summed E-state index contributed by atoms with van der Waals surface area (Å²) in [6, 6.07) is 12.5. The van der Waals surface area contributed by atoms with Crippen molar-refractivity contribution in [3.8, 4) is 16.9 Å². The molecule has 1 aromatic heterocycles. The number of likely N-dealkylation sites (N-methyl/N-ethyl adjacent to an activating group) is 1. The molecule has 2 aliphatic carbocycles. The van der Waals surface area contributed by atoms with Crippen molar-refractivity contribution in [3.05, 3.63) is 77.1 Å². The molecule has 3 aromatic rings. The van der Waals surface area contributed by atoms with E-state index in [0.717, 1.165) is 48.1 Å². The number of rotatable bonds is 23. The van der Waals surface area contributed by atoms with Gasteiger partial charge in [0.05, 0.1) is 35.9 Å². The highest BCUT2D eigenvalue weighted by atomic mass is 35.5. The number of benzene rings is 2.